The lowest BCUT2D eigenvalue weighted by Gasteiger charge is -2.17. The molecule has 278 valence electrons. The monoisotopic (exact) mass is 734 g/mol. The van der Waals surface area contributed by atoms with Crippen LogP contribution in [0, 0.1) is 13.8 Å². The topological polar surface area (TPSA) is 0 Å². The van der Waals surface area contributed by atoms with Crippen molar-refractivity contribution in [2.24, 2.45) is 0 Å². The van der Waals surface area contributed by atoms with E-state index < -0.39 is 0 Å². The maximum absolute atomic E-state index is 2.39. The van der Waals surface area contributed by atoms with Crippen molar-refractivity contribution in [3.05, 3.63) is 192 Å². The lowest BCUT2D eigenvalue weighted by molar-refractivity contribution is 1.23. The molecule has 0 N–H and O–H groups in total. The molecule has 0 aliphatic carbocycles. The van der Waals surface area contributed by atoms with E-state index in [1.807, 2.05) is 13.8 Å². The number of allylic oxidation sites excluding steroid dienone is 2. The molecule has 0 amide bonds. The largest absolute Gasteiger partial charge is 0.0871 e. The second-order valence-corrected chi connectivity index (χ2v) is 14.7. The van der Waals surface area contributed by atoms with Gasteiger partial charge in [0.15, 0.2) is 0 Å². The van der Waals surface area contributed by atoms with Crippen LogP contribution in [0.1, 0.15) is 56.4 Å². The molecule has 0 heterocycles. The molecule has 0 saturated heterocycles. The summed E-state index contributed by atoms with van der Waals surface area (Å²) in [5, 5.41) is 10.2. The number of hydrogen-bond acceptors (Lipinski definition) is 0. The third-order valence-electron chi connectivity index (χ3n) is 11.5. The van der Waals surface area contributed by atoms with Crippen LogP contribution in [0.4, 0.5) is 0 Å². The summed E-state index contributed by atoms with van der Waals surface area (Å²) in [4.78, 5) is 0. The molecule has 0 saturated carbocycles. The Bertz CT molecular complexity index is 2990. The highest BCUT2D eigenvalue weighted by atomic mass is 14.2. The van der Waals surface area contributed by atoms with Gasteiger partial charge in [0.05, 0.1) is 0 Å². The first-order chi connectivity index (χ1) is 28.0. The summed E-state index contributed by atoms with van der Waals surface area (Å²) in [5.74, 6) is 0. The number of fused-ring (bicyclic) bond motifs is 6. The molecule has 0 aliphatic rings. The van der Waals surface area contributed by atoms with Gasteiger partial charge in [-0.15, -0.1) is 0 Å². The Hall–Kier alpha value is -6.50. The van der Waals surface area contributed by atoms with Crippen molar-refractivity contribution in [3.63, 3.8) is 0 Å². The number of hydrogen-bond donors (Lipinski definition) is 0. The van der Waals surface area contributed by atoms with Crippen molar-refractivity contribution in [2.45, 2.75) is 48.0 Å². The van der Waals surface area contributed by atoms with Crippen LogP contribution < -0.4 is 0 Å². The van der Waals surface area contributed by atoms with Gasteiger partial charge in [-0.25, -0.2) is 0 Å². The fraction of sp³-hybridized carbons (Fsp3) is 0.123. The van der Waals surface area contributed by atoms with Crippen LogP contribution in [0.25, 0.3) is 99.7 Å². The minimum absolute atomic E-state index is 1.01. The van der Waals surface area contributed by atoms with Gasteiger partial charge in [-0.1, -0.05) is 166 Å². The highest BCUT2D eigenvalue weighted by Gasteiger charge is 2.15. The van der Waals surface area contributed by atoms with E-state index in [2.05, 4.69) is 210 Å². The number of rotatable bonds is 7. The molecule has 0 aliphatic heterocycles. The predicted octanol–water partition coefficient (Wildman–Crippen LogP) is 17.1. The fourth-order valence-electron chi connectivity index (χ4n) is 8.54. The quantitative estimate of drug-likeness (QED) is 0.143. The molecular formula is C57H50. The van der Waals surface area contributed by atoms with E-state index in [0.717, 1.165) is 6.42 Å². The molecule has 0 atom stereocenters. The van der Waals surface area contributed by atoms with Crippen molar-refractivity contribution in [3.8, 4) is 44.5 Å². The van der Waals surface area contributed by atoms with Crippen LogP contribution in [0.15, 0.2) is 170 Å². The van der Waals surface area contributed by atoms with Gasteiger partial charge < -0.3 is 0 Å². The summed E-state index contributed by atoms with van der Waals surface area (Å²) in [6.07, 6.45) is 9.96. The Morgan fingerprint density at radius 3 is 1.54 bits per heavy atom. The molecule has 0 spiro atoms. The first-order valence-electron chi connectivity index (χ1n) is 20.5. The lowest BCUT2D eigenvalue weighted by Crippen LogP contribution is -1.95. The van der Waals surface area contributed by atoms with Gasteiger partial charge in [-0.3, -0.25) is 0 Å². The van der Waals surface area contributed by atoms with Gasteiger partial charge in [-0.2, -0.15) is 0 Å². The van der Waals surface area contributed by atoms with E-state index in [1.165, 1.54) is 110 Å². The van der Waals surface area contributed by atoms with Crippen LogP contribution in [-0.4, -0.2) is 0 Å². The van der Waals surface area contributed by atoms with Gasteiger partial charge in [-0.05, 0) is 173 Å². The Kier molecular flexibility index (Phi) is 10.7. The summed E-state index contributed by atoms with van der Waals surface area (Å²) in [6.45, 7) is 12.8. The standard InChI is InChI=1S/C55H44.C2H6/c1-5-7-22-46-37(4)36(3)38(16-6-2)32-52(46)41-19-14-18-39(30-41)40-28-29-45-35-55(51-27-13-12-26-50(51)53(45)33-40)43-21-15-20-42(31-43)54-34-44-17-8-9-23-47(44)48-24-10-11-25-49(48)54;1-2/h6-35H,5H2,1-4H3;1-2H3/b16-6-,22-7-;. The van der Waals surface area contributed by atoms with Crippen LogP contribution >= 0.6 is 0 Å². The van der Waals surface area contributed by atoms with E-state index in [0.29, 0.717) is 0 Å². The summed E-state index contributed by atoms with van der Waals surface area (Å²) in [7, 11) is 0. The number of benzene rings is 9. The molecule has 9 aromatic carbocycles. The molecule has 0 radical (unpaired) electrons. The Morgan fingerprint density at radius 2 is 0.912 bits per heavy atom. The van der Waals surface area contributed by atoms with Gasteiger partial charge >= 0.3 is 0 Å². The van der Waals surface area contributed by atoms with Gasteiger partial charge in [0, 0.05) is 0 Å². The first-order valence-corrected chi connectivity index (χ1v) is 20.5. The van der Waals surface area contributed by atoms with Crippen molar-refractivity contribution in [1.29, 1.82) is 0 Å². The third kappa shape index (κ3) is 6.98. The first kappa shape index (κ1) is 37.4. The van der Waals surface area contributed by atoms with Crippen molar-refractivity contribution in [2.75, 3.05) is 0 Å². The molecule has 9 rings (SSSR count). The Balaban J connectivity index is 0.00000224. The van der Waals surface area contributed by atoms with Crippen LogP contribution in [0.2, 0.25) is 0 Å². The molecule has 57 heavy (non-hydrogen) atoms. The maximum Gasteiger partial charge on any atom is -0.00988 e. The van der Waals surface area contributed by atoms with Gasteiger partial charge in [0.25, 0.3) is 0 Å². The molecule has 9 aromatic rings. The average molecular weight is 735 g/mol. The zero-order valence-electron chi connectivity index (χ0n) is 34.0. The van der Waals surface area contributed by atoms with Crippen molar-refractivity contribution >= 4 is 55.2 Å². The molecule has 0 aromatic heterocycles. The summed E-state index contributed by atoms with van der Waals surface area (Å²) < 4.78 is 0. The van der Waals surface area contributed by atoms with E-state index in [-0.39, 0.29) is 0 Å². The van der Waals surface area contributed by atoms with Gasteiger partial charge in [0.2, 0.25) is 0 Å². The van der Waals surface area contributed by atoms with E-state index in [1.54, 1.807) is 0 Å². The Morgan fingerprint density at radius 1 is 0.404 bits per heavy atom. The molecular weight excluding hydrogens is 685 g/mol. The predicted molar refractivity (Wildman–Crippen MR) is 253 cm³/mol. The van der Waals surface area contributed by atoms with E-state index >= 15 is 0 Å². The minimum atomic E-state index is 1.01. The highest BCUT2D eigenvalue weighted by molar-refractivity contribution is 6.16. The highest BCUT2D eigenvalue weighted by Crippen LogP contribution is 2.41. The van der Waals surface area contributed by atoms with Crippen LogP contribution in [-0.2, 0) is 0 Å². The molecule has 0 unspecified atom stereocenters. The second kappa shape index (κ2) is 16.3. The SMILES string of the molecule is C/C=C\c1cc(-c2cccc(-c3ccc4cc(-c5cccc(-c6cc7ccccc7c7ccccc67)c5)c5ccccc5c4c3)c2)c(/C=C\CC)c(C)c1C.CC. The molecule has 0 fully saturated rings. The molecule has 0 bridgehead atoms. The second-order valence-electron chi connectivity index (χ2n) is 14.7. The zero-order chi connectivity index (χ0) is 39.5. The summed E-state index contributed by atoms with van der Waals surface area (Å²) in [5.41, 5.74) is 15.2. The smallest absolute Gasteiger partial charge is 0.00988 e. The van der Waals surface area contributed by atoms with Crippen LogP contribution in [0.5, 0.6) is 0 Å². The minimum Gasteiger partial charge on any atom is -0.0871 e. The molecule has 0 heteroatoms. The average Bonchev–Trinajstić information content (AvgIpc) is 3.27. The third-order valence-corrected chi connectivity index (χ3v) is 11.5. The maximum atomic E-state index is 2.39. The Labute approximate surface area is 338 Å². The normalized spacial score (nSPS) is 11.6. The van der Waals surface area contributed by atoms with Crippen molar-refractivity contribution in [1.82, 2.24) is 0 Å². The lowest BCUT2D eigenvalue weighted by atomic mass is 9.87. The van der Waals surface area contributed by atoms with Crippen molar-refractivity contribution < 1.29 is 0 Å². The van der Waals surface area contributed by atoms with E-state index in [9.17, 15) is 0 Å². The summed E-state index contributed by atoms with van der Waals surface area (Å²) >= 11 is 0. The molecule has 0 nitrogen and oxygen atoms in total. The summed E-state index contributed by atoms with van der Waals surface area (Å²) in [6, 6.07) is 58.7. The van der Waals surface area contributed by atoms with Crippen LogP contribution in [0.3, 0.4) is 0 Å². The zero-order valence-corrected chi connectivity index (χ0v) is 34.0. The van der Waals surface area contributed by atoms with E-state index in [4.69, 9.17) is 0 Å². The fourth-order valence-corrected chi connectivity index (χ4v) is 8.54. The van der Waals surface area contributed by atoms with Gasteiger partial charge in [0.1, 0.15) is 0 Å².